The van der Waals surface area contributed by atoms with Crippen molar-refractivity contribution in [2.45, 2.75) is 13.8 Å². The van der Waals surface area contributed by atoms with Crippen LogP contribution >= 0.6 is 0 Å². The second kappa shape index (κ2) is 8.18. The highest BCUT2D eigenvalue weighted by molar-refractivity contribution is 6.36. The van der Waals surface area contributed by atoms with Crippen LogP contribution in [0, 0.1) is 24.0 Å². The summed E-state index contributed by atoms with van der Waals surface area (Å²) in [6.07, 6.45) is 0. The van der Waals surface area contributed by atoms with Crippen LogP contribution in [-0.4, -0.2) is 22.6 Å². The molecule has 1 aliphatic heterocycles. The number of hydrogen-bond donors (Lipinski definition) is 1. The molecule has 4 aromatic carbocycles. The Hall–Kier alpha value is -4.85. The first-order valence-corrected chi connectivity index (χ1v) is 10.8. The van der Waals surface area contributed by atoms with Crippen LogP contribution in [0.15, 0.2) is 72.8 Å². The van der Waals surface area contributed by atoms with Crippen LogP contribution in [0.1, 0.15) is 42.2 Å². The predicted octanol–water partition coefficient (Wildman–Crippen LogP) is 5.42. The molecule has 0 saturated heterocycles. The van der Waals surface area contributed by atoms with Gasteiger partial charge in [0.1, 0.15) is 0 Å². The van der Waals surface area contributed by atoms with Crippen molar-refractivity contribution in [1.82, 2.24) is 0 Å². The quantitative estimate of drug-likeness (QED) is 0.246. The highest BCUT2D eigenvalue weighted by Crippen LogP contribution is 2.37. The van der Waals surface area contributed by atoms with Gasteiger partial charge in [-0.15, -0.1) is 0 Å². The maximum Gasteiger partial charge on any atom is 0.277 e. The number of carbonyl (C=O) groups excluding carboxylic acids is 3. The summed E-state index contributed by atoms with van der Waals surface area (Å²) in [5.74, 6) is -1.60. The van der Waals surface area contributed by atoms with Gasteiger partial charge in [0.2, 0.25) is 0 Å². The van der Waals surface area contributed by atoms with E-state index in [0.717, 1.165) is 16.0 Å². The van der Waals surface area contributed by atoms with E-state index < -0.39 is 16.7 Å². The molecule has 4 aromatic rings. The lowest BCUT2D eigenvalue weighted by molar-refractivity contribution is -0.383. The van der Waals surface area contributed by atoms with Crippen molar-refractivity contribution in [3.05, 3.63) is 111 Å². The van der Waals surface area contributed by atoms with E-state index in [0.29, 0.717) is 5.69 Å². The molecule has 8 heteroatoms. The molecule has 0 unspecified atom stereocenters. The number of carbonyl (C=O) groups is 3. The molecule has 1 N–H and O–H groups in total. The summed E-state index contributed by atoms with van der Waals surface area (Å²) in [6.45, 7) is 3.86. The minimum Gasteiger partial charge on any atom is -0.322 e. The molecule has 0 aliphatic carbocycles. The number of amides is 3. The van der Waals surface area contributed by atoms with Gasteiger partial charge in [-0.05, 0) is 67.4 Å². The molecule has 35 heavy (non-hydrogen) atoms. The van der Waals surface area contributed by atoms with Crippen LogP contribution in [0.3, 0.4) is 0 Å². The summed E-state index contributed by atoms with van der Waals surface area (Å²) in [4.78, 5) is 51.6. The van der Waals surface area contributed by atoms with Crippen molar-refractivity contribution in [2.75, 3.05) is 10.2 Å². The van der Waals surface area contributed by atoms with Gasteiger partial charge in [-0.2, -0.15) is 0 Å². The van der Waals surface area contributed by atoms with E-state index in [1.807, 2.05) is 26.0 Å². The number of nitro groups is 1. The van der Waals surface area contributed by atoms with Gasteiger partial charge >= 0.3 is 0 Å². The number of aryl methyl sites for hydroxylation is 1. The van der Waals surface area contributed by atoms with E-state index in [-0.39, 0.29) is 44.7 Å². The smallest absolute Gasteiger partial charge is 0.277 e. The minimum atomic E-state index is -0.610. The zero-order valence-corrected chi connectivity index (χ0v) is 18.9. The Morgan fingerprint density at radius 2 is 1.57 bits per heavy atom. The third-order valence-corrected chi connectivity index (χ3v) is 6.30. The molecule has 0 bridgehead atoms. The topological polar surface area (TPSA) is 110 Å². The summed E-state index contributed by atoms with van der Waals surface area (Å²) in [6, 6.07) is 19.1. The monoisotopic (exact) mass is 465 g/mol. The second-order valence-electron chi connectivity index (χ2n) is 8.32. The van der Waals surface area contributed by atoms with Gasteiger partial charge in [-0.1, -0.05) is 24.3 Å². The van der Waals surface area contributed by atoms with Crippen LogP contribution in [0.2, 0.25) is 0 Å². The molecule has 0 atom stereocenters. The number of non-ortho nitro benzene ring substituents is 1. The third kappa shape index (κ3) is 3.52. The fourth-order valence-electron chi connectivity index (χ4n) is 4.34. The van der Waals surface area contributed by atoms with E-state index in [1.165, 1.54) is 30.3 Å². The summed E-state index contributed by atoms with van der Waals surface area (Å²) < 4.78 is 0. The molecule has 1 heterocycles. The number of benzene rings is 4. The van der Waals surface area contributed by atoms with Gasteiger partial charge in [-0.3, -0.25) is 24.5 Å². The SMILES string of the molecule is Cc1cccc(NC(=O)c2cccc(N3C(=O)c4cccc5c([N+](=O)[O-])ccc(c45)C3=O)c2)c1C. The van der Waals surface area contributed by atoms with E-state index in [9.17, 15) is 24.5 Å². The zero-order valence-electron chi connectivity index (χ0n) is 18.9. The first-order chi connectivity index (χ1) is 16.8. The van der Waals surface area contributed by atoms with Crippen molar-refractivity contribution in [3.63, 3.8) is 0 Å². The van der Waals surface area contributed by atoms with Crippen molar-refractivity contribution in [2.24, 2.45) is 0 Å². The van der Waals surface area contributed by atoms with Crippen LogP contribution in [-0.2, 0) is 0 Å². The highest BCUT2D eigenvalue weighted by Gasteiger charge is 2.35. The van der Waals surface area contributed by atoms with E-state index in [2.05, 4.69) is 5.32 Å². The first kappa shape index (κ1) is 22.0. The number of nitrogens with one attached hydrogen (secondary N) is 1. The van der Waals surface area contributed by atoms with Gasteiger partial charge in [0.05, 0.1) is 16.0 Å². The van der Waals surface area contributed by atoms with Crippen molar-refractivity contribution in [1.29, 1.82) is 0 Å². The number of nitro benzene ring substituents is 1. The standard InChI is InChI=1S/C27H19N3O5/c1-15-6-3-11-22(16(15)2)28-25(31)17-7-4-8-18(14-17)29-26(32)20-10-5-9-19-23(30(34)35)13-12-21(24(19)20)27(29)33/h3-14H,1-2H3,(H,28,31). The molecule has 0 saturated carbocycles. The highest BCUT2D eigenvalue weighted by atomic mass is 16.6. The molecule has 0 aromatic heterocycles. The Balaban J connectivity index is 1.54. The number of nitrogens with zero attached hydrogens (tertiary/aromatic N) is 2. The molecular formula is C27H19N3O5. The predicted molar refractivity (Wildman–Crippen MR) is 132 cm³/mol. The number of rotatable bonds is 4. The molecule has 8 nitrogen and oxygen atoms in total. The molecule has 172 valence electrons. The number of hydrogen-bond acceptors (Lipinski definition) is 5. The fourth-order valence-corrected chi connectivity index (χ4v) is 4.34. The summed E-state index contributed by atoms with van der Waals surface area (Å²) in [5, 5.41) is 14.8. The Kier molecular flexibility index (Phi) is 5.13. The van der Waals surface area contributed by atoms with Gasteiger partial charge in [-0.25, -0.2) is 4.90 Å². The number of anilines is 2. The Labute approximate surface area is 199 Å². The maximum atomic E-state index is 13.4. The Morgan fingerprint density at radius 1 is 0.886 bits per heavy atom. The Bertz CT molecular complexity index is 1570. The lowest BCUT2D eigenvalue weighted by Gasteiger charge is -2.27. The fraction of sp³-hybridized carbons (Fsp3) is 0.0741. The van der Waals surface area contributed by atoms with Crippen molar-refractivity contribution >= 4 is 45.6 Å². The minimum absolute atomic E-state index is 0.176. The van der Waals surface area contributed by atoms with Crippen LogP contribution < -0.4 is 10.2 Å². The van der Waals surface area contributed by atoms with E-state index >= 15 is 0 Å². The van der Waals surface area contributed by atoms with Gasteiger partial charge < -0.3 is 5.32 Å². The van der Waals surface area contributed by atoms with Crippen LogP contribution in [0.5, 0.6) is 0 Å². The first-order valence-electron chi connectivity index (χ1n) is 10.8. The largest absolute Gasteiger partial charge is 0.322 e. The van der Waals surface area contributed by atoms with Gasteiger partial charge in [0.25, 0.3) is 23.4 Å². The zero-order chi connectivity index (χ0) is 24.9. The van der Waals surface area contributed by atoms with E-state index in [1.54, 1.807) is 30.3 Å². The van der Waals surface area contributed by atoms with Crippen molar-refractivity contribution < 1.29 is 19.3 Å². The average molecular weight is 465 g/mol. The lowest BCUT2D eigenvalue weighted by atomic mass is 9.92. The second-order valence-corrected chi connectivity index (χ2v) is 8.32. The lowest BCUT2D eigenvalue weighted by Crippen LogP contribution is -2.40. The molecule has 3 amide bonds. The van der Waals surface area contributed by atoms with E-state index in [4.69, 9.17) is 0 Å². The number of imide groups is 1. The van der Waals surface area contributed by atoms with Crippen LogP contribution in [0.4, 0.5) is 17.1 Å². The average Bonchev–Trinajstić information content (AvgIpc) is 2.85. The Morgan fingerprint density at radius 3 is 2.31 bits per heavy atom. The molecule has 0 fully saturated rings. The molecule has 0 spiro atoms. The molecule has 0 radical (unpaired) electrons. The van der Waals surface area contributed by atoms with Crippen molar-refractivity contribution in [3.8, 4) is 0 Å². The third-order valence-electron chi connectivity index (χ3n) is 6.30. The summed E-state index contributed by atoms with van der Waals surface area (Å²) >= 11 is 0. The molecule has 5 rings (SSSR count). The molecular weight excluding hydrogens is 446 g/mol. The summed E-state index contributed by atoms with van der Waals surface area (Å²) in [5.41, 5.74) is 3.35. The van der Waals surface area contributed by atoms with Crippen LogP contribution in [0.25, 0.3) is 10.8 Å². The molecule has 1 aliphatic rings. The van der Waals surface area contributed by atoms with Gasteiger partial charge in [0, 0.05) is 33.8 Å². The van der Waals surface area contributed by atoms with Gasteiger partial charge in [0.15, 0.2) is 0 Å². The maximum absolute atomic E-state index is 13.4. The summed E-state index contributed by atoms with van der Waals surface area (Å²) in [7, 11) is 0. The normalized spacial score (nSPS) is 12.7.